The standard InChI is InChI=1S/C17H23N3O3S/c1-13-5-6-14(2)20(13)12-11-18-17(21)15-7-9-16(10-8-15)24(22,23)19(3)4/h5-10H,11-12H2,1-4H3,(H,18,21). The van der Waals surface area contributed by atoms with Gasteiger partial charge in [0.25, 0.3) is 5.91 Å². The third-order valence-corrected chi connectivity index (χ3v) is 5.76. The Bertz CT molecular complexity index is 802. The molecule has 2 rings (SSSR count). The van der Waals surface area contributed by atoms with Gasteiger partial charge in [0.05, 0.1) is 4.90 Å². The van der Waals surface area contributed by atoms with Gasteiger partial charge >= 0.3 is 0 Å². The maximum absolute atomic E-state index is 12.2. The molecular weight excluding hydrogens is 326 g/mol. The third kappa shape index (κ3) is 3.85. The lowest BCUT2D eigenvalue weighted by molar-refractivity contribution is 0.0952. The molecule has 1 amide bonds. The van der Waals surface area contributed by atoms with Crippen LogP contribution in [0.25, 0.3) is 0 Å². The second-order valence-corrected chi connectivity index (χ2v) is 7.99. The Hall–Kier alpha value is -2.12. The molecule has 0 saturated heterocycles. The van der Waals surface area contributed by atoms with Crippen LogP contribution in [0.2, 0.25) is 0 Å². The predicted molar refractivity (Wildman–Crippen MR) is 93.6 cm³/mol. The van der Waals surface area contributed by atoms with E-state index >= 15 is 0 Å². The monoisotopic (exact) mass is 349 g/mol. The number of carbonyl (C=O) groups is 1. The molecule has 6 nitrogen and oxygen atoms in total. The average Bonchev–Trinajstić information content (AvgIpc) is 2.86. The smallest absolute Gasteiger partial charge is 0.251 e. The molecule has 7 heteroatoms. The largest absolute Gasteiger partial charge is 0.350 e. The summed E-state index contributed by atoms with van der Waals surface area (Å²) in [6, 6.07) is 10.0. The van der Waals surface area contributed by atoms with Crippen molar-refractivity contribution in [3.63, 3.8) is 0 Å². The van der Waals surface area contributed by atoms with Crippen LogP contribution in [0, 0.1) is 13.8 Å². The number of sulfonamides is 1. The van der Waals surface area contributed by atoms with Gasteiger partial charge in [0, 0.05) is 44.1 Å². The van der Waals surface area contributed by atoms with Crippen molar-refractivity contribution in [3.05, 3.63) is 53.3 Å². The summed E-state index contributed by atoms with van der Waals surface area (Å²) in [5, 5.41) is 2.85. The van der Waals surface area contributed by atoms with E-state index < -0.39 is 10.0 Å². The van der Waals surface area contributed by atoms with Gasteiger partial charge in [0.2, 0.25) is 10.0 Å². The molecule has 1 heterocycles. The lowest BCUT2D eigenvalue weighted by atomic mass is 10.2. The Labute approximate surface area is 143 Å². The zero-order valence-corrected chi connectivity index (χ0v) is 15.2. The summed E-state index contributed by atoms with van der Waals surface area (Å²) < 4.78 is 27.3. The summed E-state index contributed by atoms with van der Waals surface area (Å²) in [5.74, 6) is -0.216. The molecule has 0 aliphatic carbocycles. The van der Waals surface area contributed by atoms with Gasteiger partial charge in [-0.05, 0) is 50.2 Å². The van der Waals surface area contributed by atoms with Crippen LogP contribution in [-0.2, 0) is 16.6 Å². The fourth-order valence-corrected chi connectivity index (χ4v) is 3.33. The minimum Gasteiger partial charge on any atom is -0.350 e. The van der Waals surface area contributed by atoms with Crippen molar-refractivity contribution in [3.8, 4) is 0 Å². The van der Waals surface area contributed by atoms with Crippen molar-refractivity contribution in [2.75, 3.05) is 20.6 Å². The maximum Gasteiger partial charge on any atom is 0.251 e. The number of rotatable bonds is 6. The normalized spacial score (nSPS) is 11.7. The number of hydrogen-bond acceptors (Lipinski definition) is 3. The first kappa shape index (κ1) is 18.2. The number of hydrogen-bond donors (Lipinski definition) is 1. The molecule has 0 spiro atoms. The lowest BCUT2D eigenvalue weighted by Crippen LogP contribution is -2.28. The first-order chi connectivity index (χ1) is 11.2. The van der Waals surface area contributed by atoms with Gasteiger partial charge in [-0.15, -0.1) is 0 Å². The predicted octanol–water partition coefficient (Wildman–Crippen LogP) is 1.79. The van der Waals surface area contributed by atoms with Crippen molar-refractivity contribution < 1.29 is 13.2 Å². The van der Waals surface area contributed by atoms with Gasteiger partial charge < -0.3 is 9.88 Å². The molecule has 0 fully saturated rings. The van der Waals surface area contributed by atoms with Crippen molar-refractivity contribution in [2.24, 2.45) is 0 Å². The summed E-state index contributed by atoms with van der Waals surface area (Å²) >= 11 is 0. The highest BCUT2D eigenvalue weighted by Crippen LogP contribution is 2.14. The van der Waals surface area contributed by atoms with E-state index in [1.165, 1.54) is 38.4 Å². The van der Waals surface area contributed by atoms with E-state index in [4.69, 9.17) is 0 Å². The second kappa shape index (κ2) is 7.19. The lowest BCUT2D eigenvalue weighted by Gasteiger charge is -2.12. The fraction of sp³-hybridized carbons (Fsp3) is 0.353. The van der Waals surface area contributed by atoms with Crippen LogP contribution < -0.4 is 5.32 Å². The Balaban J connectivity index is 1.98. The van der Waals surface area contributed by atoms with Crippen molar-refractivity contribution in [1.82, 2.24) is 14.2 Å². The molecule has 1 N–H and O–H groups in total. The van der Waals surface area contributed by atoms with E-state index in [1.807, 2.05) is 26.0 Å². The Morgan fingerprint density at radius 1 is 1.04 bits per heavy atom. The number of benzene rings is 1. The van der Waals surface area contributed by atoms with Crippen molar-refractivity contribution in [2.45, 2.75) is 25.3 Å². The Morgan fingerprint density at radius 3 is 2.08 bits per heavy atom. The highest BCUT2D eigenvalue weighted by molar-refractivity contribution is 7.89. The van der Waals surface area contributed by atoms with Crippen LogP contribution in [0.15, 0.2) is 41.3 Å². The summed E-state index contributed by atoms with van der Waals surface area (Å²) in [7, 11) is -0.530. The first-order valence-corrected chi connectivity index (χ1v) is 9.11. The third-order valence-electron chi connectivity index (χ3n) is 3.93. The molecule has 1 aromatic carbocycles. The maximum atomic E-state index is 12.2. The fourth-order valence-electron chi connectivity index (χ4n) is 2.42. The van der Waals surface area contributed by atoms with E-state index in [2.05, 4.69) is 9.88 Å². The topological polar surface area (TPSA) is 71.4 Å². The summed E-state index contributed by atoms with van der Waals surface area (Å²) in [5.41, 5.74) is 2.74. The van der Waals surface area contributed by atoms with Crippen molar-refractivity contribution in [1.29, 1.82) is 0 Å². The number of nitrogens with one attached hydrogen (secondary N) is 1. The molecule has 24 heavy (non-hydrogen) atoms. The minimum absolute atomic E-state index is 0.169. The van der Waals surface area contributed by atoms with Gasteiger partial charge in [0.15, 0.2) is 0 Å². The number of carbonyl (C=O) groups excluding carboxylic acids is 1. The molecule has 0 bridgehead atoms. The van der Waals surface area contributed by atoms with Crippen LogP contribution >= 0.6 is 0 Å². The molecule has 0 unspecified atom stereocenters. The van der Waals surface area contributed by atoms with Crippen LogP contribution in [0.3, 0.4) is 0 Å². The molecule has 2 aromatic rings. The molecule has 130 valence electrons. The quantitative estimate of drug-likeness (QED) is 0.864. The van der Waals surface area contributed by atoms with Gasteiger partial charge in [-0.2, -0.15) is 0 Å². The first-order valence-electron chi connectivity index (χ1n) is 7.67. The number of aryl methyl sites for hydroxylation is 2. The Kier molecular flexibility index (Phi) is 5.46. The second-order valence-electron chi connectivity index (χ2n) is 5.84. The van der Waals surface area contributed by atoms with E-state index in [0.717, 1.165) is 15.7 Å². The highest BCUT2D eigenvalue weighted by atomic mass is 32.2. The molecule has 0 aliphatic rings. The summed E-state index contributed by atoms with van der Waals surface area (Å²) in [6.07, 6.45) is 0. The highest BCUT2D eigenvalue weighted by Gasteiger charge is 2.17. The van der Waals surface area contributed by atoms with E-state index in [1.54, 1.807) is 0 Å². The zero-order chi connectivity index (χ0) is 17.9. The minimum atomic E-state index is -3.48. The summed E-state index contributed by atoms with van der Waals surface area (Å²) in [6.45, 7) is 5.26. The van der Waals surface area contributed by atoms with Crippen LogP contribution in [-0.4, -0.2) is 43.8 Å². The Morgan fingerprint density at radius 2 is 1.58 bits per heavy atom. The van der Waals surface area contributed by atoms with Crippen LogP contribution in [0.5, 0.6) is 0 Å². The average molecular weight is 349 g/mol. The van der Waals surface area contributed by atoms with E-state index in [0.29, 0.717) is 18.7 Å². The van der Waals surface area contributed by atoms with Crippen LogP contribution in [0.1, 0.15) is 21.7 Å². The molecule has 0 radical (unpaired) electrons. The van der Waals surface area contributed by atoms with Gasteiger partial charge in [-0.3, -0.25) is 4.79 Å². The SMILES string of the molecule is Cc1ccc(C)n1CCNC(=O)c1ccc(S(=O)(=O)N(C)C)cc1. The molecule has 0 aliphatic heterocycles. The molecular formula is C17H23N3O3S. The number of nitrogens with zero attached hydrogens (tertiary/aromatic N) is 2. The van der Waals surface area contributed by atoms with Crippen LogP contribution in [0.4, 0.5) is 0 Å². The zero-order valence-electron chi connectivity index (χ0n) is 14.4. The van der Waals surface area contributed by atoms with Crippen molar-refractivity contribution >= 4 is 15.9 Å². The van der Waals surface area contributed by atoms with Gasteiger partial charge in [-0.25, -0.2) is 12.7 Å². The van der Waals surface area contributed by atoms with Gasteiger partial charge in [0.1, 0.15) is 0 Å². The number of amides is 1. The van der Waals surface area contributed by atoms with E-state index in [9.17, 15) is 13.2 Å². The molecule has 0 saturated carbocycles. The number of aromatic nitrogens is 1. The molecule has 1 aromatic heterocycles. The van der Waals surface area contributed by atoms with E-state index in [-0.39, 0.29) is 10.8 Å². The molecule has 0 atom stereocenters. The summed E-state index contributed by atoms with van der Waals surface area (Å²) in [4.78, 5) is 12.3. The van der Waals surface area contributed by atoms with Gasteiger partial charge in [-0.1, -0.05) is 0 Å².